The van der Waals surface area contributed by atoms with Gasteiger partial charge in [0.05, 0.1) is 12.1 Å². The maximum Gasteiger partial charge on any atom is 0.237 e. The van der Waals surface area contributed by atoms with Gasteiger partial charge in [-0.25, -0.2) is 0 Å². The number of β-amino-alcohol motifs (C(OH)–C–C–N with tert-alkyl or cyclic N) is 1. The summed E-state index contributed by atoms with van der Waals surface area (Å²) >= 11 is 0. The Morgan fingerprint density at radius 2 is 2.10 bits per heavy atom. The lowest BCUT2D eigenvalue weighted by atomic mass is 10.0. The Balaban J connectivity index is 1.80. The van der Waals surface area contributed by atoms with Crippen LogP contribution in [0.3, 0.4) is 0 Å². The highest BCUT2D eigenvalue weighted by Gasteiger charge is 2.28. The quantitative estimate of drug-likeness (QED) is 0.854. The number of hydrogen-bond acceptors (Lipinski definition) is 3. The topological polar surface area (TPSA) is 52.6 Å². The Morgan fingerprint density at radius 1 is 1.40 bits per heavy atom. The zero-order valence-corrected chi connectivity index (χ0v) is 12.2. The van der Waals surface area contributed by atoms with Gasteiger partial charge in [0.15, 0.2) is 0 Å². The van der Waals surface area contributed by atoms with Gasteiger partial charge in [0.25, 0.3) is 0 Å². The van der Waals surface area contributed by atoms with Crippen LogP contribution >= 0.6 is 0 Å². The fourth-order valence-corrected chi connectivity index (χ4v) is 2.59. The highest BCUT2D eigenvalue weighted by atomic mass is 16.3. The summed E-state index contributed by atoms with van der Waals surface area (Å²) in [4.78, 5) is 14.2. The predicted molar refractivity (Wildman–Crippen MR) is 79.5 cm³/mol. The van der Waals surface area contributed by atoms with Crippen LogP contribution in [0.1, 0.15) is 31.7 Å². The summed E-state index contributed by atoms with van der Waals surface area (Å²) in [7, 11) is 0. The fraction of sp³-hybridized carbons (Fsp3) is 0.562. The number of carbonyl (C=O) groups excluding carboxylic acids is 1. The molecule has 1 aliphatic heterocycles. The molecule has 1 aromatic carbocycles. The van der Waals surface area contributed by atoms with Gasteiger partial charge in [-0.05, 0) is 24.8 Å². The van der Waals surface area contributed by atoms with Crippen molar-refractivity contribution in [2.45, 2.75) is 38.3 Å². The Bertz CT molecular complexity index is 435. The zero-order valence-electron chi connectivity index (χ0n) is 12.2. The van der Waals surface area contributed by atoms with E-state index < -0.39 is 0 Å². The minimum atomic E-state index is -0.284. The van der Waals surface area contributed by atoms with Gasteiger partial charge in [0.1, 0.15) is 0 Å². The lowest BCUT2D eigenvalue weighted by Crippen LogP contribution is -2.45. The standard InChI is InChI=1S/C16H24N2O2/c1-12(14-6-4-3-5-7-14)10-17-16(20)13(2)18-9-8-15(19)11-18/h3-7,12-13,15,19H,8-11H2,1-2H3,(H,17,20)/t12-,13+,15+/m0/s1. The van der Waals surface area contributed by atoms with Crippen LogP contribution in [0.5, 0.6) is 0 Å². The first-order chi connectivity index (χ1) is 9.58. The molecule has 2 N–H and O–H groups in total. The number of carbonyl (C=O) groups is 1. The third kappa shape index (κ3) is 3.81. The molecule has 4 heteroatoms. The van der Waals surface area contributed by atoms with Crippen molar-refractivity contribution < 1.29 is 9.90 Å². The molecule has 0 unspecified atom stereocenters. The third-order valence-electron chi connectivity index (χ3n) is 4.07. The molecule has 0 bridgehead atoms. The van der Waals surface area contributed by atoms with Crippen LogP contribution in [-0.2, 0) is 4.79 Å². The van der Waals surface area contributed by atoms with Gasteiger partial charge in [-0.3, -0.25) is 9.69 Å². The summed E-state index contributed by atoms with van der Waals surface area (Å²) in [6.07, 6.45) is 0.478. The molecule has 0 spiro atoms. The number of amides is 1. The maximum atomic E-state index is 12.1. The lowest BCUT2D eigenvalue weighted by Gasteiger charge is -2.23. The average Bonchev–Trinajstić information content (AvgIpc) is 2.91. The number of nitrogens with zero attached hydrogens (tertiary/aromatic N) is 1. The zero-order chi connectivity index (χ0) is 14.5. The molecule has 110 valence electrons. The first-order valence-electron chi connectivity index (χ1n) is 7.32. The Kier molecular flexibility index (Phi) is 5.15. The SMILES string of the molecule is C[C@H](C(=O)NC[C@H](C)c1ccccc1)N1CC[C@@H](O)C1. The number of nitrogens with one attached hydrogen (secondary N) is 1. The fourth-order valence-electron chi connectivity index (χ4n) is 2.59. The largest absolute Gasteiger partial charge is 0.392 e. The van der Waals surface area contributed by atoms with Crippen LogP contribution < -0.4 is 5.32 Å². The second kappa shape index (κ2) is 6.86. The summed E-state index contributed by atoms with van der Waals surface area (Å²) in [6, 6.07) is 10.0. The molecule has 0 saturated carbocycles. The Hall–Kier alpha value is -1.39. The van der Waals surface area contributed by atoms with Gasteiger partial charge in [0.2, 0.25) is 5.91 Å². The lowest BCUT2D eigenvalue weighted by molar-refractivity contribution is -0.125. The van der Waals surface area contributed by atoms with Crippen LogP contribution in [0.15, 0.2) is 30.3 Å². The van der Waals surface area contributed by atoms with Gasteiger partial charge < -0.3 is 10.4 Å². The van der Waals surface area contributed by atoms with Crippen LogP contribution in [0.4, 0.5) is 0 Å². The van der Waals surface area contributed by atoms with Crippen molar-refractivity contribution in [3.63, 3.8) is 0 Å². The monoisotopic (exact) mass is 276 g/mol. The molecule has 1 aliphatic rings. The van der Waals surface area contributed by atoms with Crippen LogP contribution in [0, 0.1) is 0 Å². The van der Waals surface area contributed by atoms with Crippen molar-refractivity contribution in [2.24, 2.45) is 0 Å². The molecular weight excluding hydrogens is 252 g/mol. The van der Waals surface area contributed by atoms with E-state index in [2.05, 4.69) is 24.4 Å². The summed E-state index contributed by atoms with van der Waals surface area (Å²) < 4.78 is 0. The van der Waals surface area contributed by atoms with E-state index in [1.54, 1.807) is 0 Å². The first-order valence-corrected chi connectivity index (χ1v) is 7.32. The summed E-state index contributed by atoms with van der Waals surface area (Å²) in [5, 5.41) is 12.5. The molecule has 1 saturated heterocycles. The van der Waals surface area contributed by atoms with Gasteiger partial charge in [-0.15, -0.1) is 0 Å². The normalized spacial score (nSPS) is 22.4. The van der Waals surface area contributed by atoms with Crippen LogP contribution in [0.25, 0.3) is 0 Å². The number of aliphatic hydroxyl groups is 1. The van der Waals surface area contributed by atoms with E-state index in [0.29, 0.717) is 19.0 Å². The minimum absolute atomic E-state index is 0.0434. The number of aliphatic hydroxyl groups excluding tert-OH is 1. The van der Waals surface area contributed by atoms with Gasteiger partial charge in [-0.1, -0.05) is 37.3 Å². The van der Waals surface area contributed by atoms with Gasteiger partial charge in [-0.2, -0.15) is 0 Å². The third-order valence-corrected chi connectivity index (χ3v) is 4.07. The molecule has 0 radical (unpaired) electrons. The summed E-state index contributed by atoms with van der Waals surface area (Å²) in [5.74, 6) is 0.346. The number of hydrogen-bond donors (Lipinski definition) is 2. The van der Waals surface area contributed by atoms with Crippen molar-refractivity contribution in [2.75, 3.05) is 19.6 Å². The van der Waals surface area contributed by atoms with Crippen LogP contribution in [0.2, 0.25) is 0 Å². The van der Waals surface area contributed by atoms with Crippen molar-refractivity contribution in [1.29, 1.82) is 0 Å². The molecule has 1 heterocycles. The molecular formula is C16H24N2O2. The smallest absolute Gasteiger partial charge is 0.237 e. The van der Waals surface area contributed by atoms with Crippen molar-refractivity contribution in [3.05, 3.63) is 35.9 Å². The molecule has 2 rings (SSSR count). The molecule has 4 nitrogen and oxygen atoms in total. The summed E-state index contributed by atoms with van der Waals surface area (Å²) in [6.45, 7) is 6.05. The number of likely N-dealkylation sites (tertiary alicyclic amines) is 1. The van der Waals surface area contributed by atoms with Crippen molar-refractivity contribution in [1.82, 2.24) is 10.2 Å². The molecule has 1 amide bonds. The van der Waals surface area contributed by atoms with E-state index >= 15 is 0 Å². The second-order valence-electron chi connectivity index (χ2n) is 5.67. The maximum absolute atomic E-state index is 12.1. The first kappa shape index (κ1) is 15.0. The van der Waals surface area contributed by atoms with Crippen LogP contribution in [-0.4, -0.2) is 47.7 Å². The van der Waals surface area contributed by atoms with E-state index in [-0.39, 0.29) is 18.1 Å². The minimum Gasteiger partial charge on any atom is -0.392 e. The number of benzene rings is 1. The molecule has 1 fully saturated rings. The Labute approximate surface area is 120 Å². The van der Waals surface area contributed by atoms with Crippen molar-refractivity contribution >= 4 is 5.91 Å². The van der Waals surface area contributed by atoms with E-state index in [4.69, 9.17) is 0 Å². The molecule has 3 atom stereocenters. The molecule has 1 aromatic rings. The average molecular weight is 276 g/mol. The van der Waals surface area contributed by atoms with E-state index in [1.807, 2.05) is 30.0 Å². The van der Waals surface area contributed by atoms with Gasteiger partial charge >= 0.3 is 0 Å². The van der Waals surface area contributed by atoms with E-state index in [9.17, 15) is 9.90 Å². The highest BCUT2D eigenvalue weighted by Crippen LogP contribution is 2.15. The number of rotatable bonds is 5. The van der Waals surface area contributed by atoms with Crippen molar-refractivity contribution in [3.8, 4) is 0 Å². The predicted octanol–water partition coefficient (Wildman–Crippen LogP) is 1.36. The van der Waals surface area contributed by atoms with Gasteiger partial charge in [0, 0.05) is 19.6 Å². The second-order valence-corrected chi connectivity index (χ2v) is 5.67. The van der Waals surface area contributed by atoms with E-state index in [0.717, 1.165) is 13.0 Å². The summed E-state index contributed by atoms with van der Waals surface area (Å²) in [5.41, 5.74) is 1.23. The molecule has 20 heavy (non-hydrogen) atoms. The molecule has 0 aliphatic carbocycles. The molecule has 0 aromatic heterocycles. The highest BCUT2D eigenvalue weighted by molar-refractivity contribution is 5.81. The Morgan fingerprint density at radius 3 is 2.70 bits per heavy atom. The van der Waals surface area contributed by atoms with E-state index in [1.165, 1.54) is 5.56 Å².